The number of amides is 2. The third-order valence-electron chi connectivity index (χ3n) is 1.54. The van der Waals surface area contributed by atoms with Crippen molar-refractivity contribution in [2.45, 2.75) is 39.3 Å². The van der Waals surface area contributed by atoms with Gasteiger partial charge in [-0.25, -0.2) is 4.79 Å². The highest BCUT2D eigenvalue weighted by Crippen LogP contribution is 2.06. The van der Waals surface area contributed by atoms with Crippen molar-refractivity contribution >= 4 is 12.0 Å². The number of alkyl carbamates (subject to hydrolysis) is 1. The number of nitrogens with zero attached hydrogens (tertiary/aromatic N) is 1. The van der Waals surface area contributed by atoms with E-state index in [1.54, 1.807) is 41.8 Å². The number of rotatable bonds is 1. The Morgan fingerprint density at radius 2 is 1.82 bits per heavy atom. The van der Waals surface area contributed by atoms with Crippen LogP contribution in [0.1, 0.15) is 27.7 Å². The first kappa shape index (κ1) is 15.3. The molecule has 0 saturated carbocycles. The number of nitrogens with one attached hydrogen (secondary N) is 1. The minimum absolute atomic E-state index is 0.303. The van der Waals surface area contributed by atoms with E-state index in [9.17, 15) is 9.59 Å². The third kappa shape index (κ3) is 8.14. The lowest BCUT2D eigenvalue weighted by Gasteiger charge is -2.20. The van der Waals surface area contributed by atoms with Crippen LogP contribution in [-0.4, -0.2) is 42.6 Å². The predicted octanol–water partition coefficient (Wildman–Crippen LogP) is 0.991. The molecule has 0 fully saturated rings. The predicted molar refractivity (Wildman–Crippen MR) is 65.3 cm³/mol. The molecule has 0 bridgehead atoms. The van der Waals surface area contributed by atoms with E-state index >= 15 is 0 Å². The second-order valence-electron chi connectivity index (χ2n) is 4.84. The summed E-state index contributed by atoms with van der Waals surface area (Å²) in [6, 6.07) is -0.436. The molecule has 0 rings (SSSR count). The first-order valence-electron chi connectivity index (χ1n) is 5.34. The maximum atomic E-state index is 11.4. The molecule has 0 aliphatic rings. The fraction of sp³-hybridized carbons (Fsp3) is 0.667. The molecule has 5 heteroatoms. The Morgan fingerprint density at radius 1 is 1.29 bits per heavy atom. The zero-order valence-electron chi connectivity index (χ0n) is 11.2. The van der Waals surface area contributed by atoms with Crippen molar-refractivity contribution in [1.82, 2.24) is 10.2 Å². The summed E-state index contributed by atoms with van der Waals surface area (Å²) in [7, 11) is 3.23. The molecule has 2 amide bonds. The van der Waals surface area contributed by atoms with E-state index < -0.39 is 17.7 Å². The largest absolute Gasteiger partial charge is 0.444 e. The molecule has 1 atom stereocenters. The molecular weight excluding hydrogens is 220 g/mol. The van der Waals surface area contributed by atoms with Gasteiger partial charge in [-0.15, -0.1) is 0 Å². The molecule has 0 aromatic rings. The molecule has 0 aliphatic carbocycles. The average molecular weight is 240 g/mol. The highest BCUT2D eigenvalue weighted by molar-refractivity contribution is 5.93. The van der Waals surface area contributed by atoms with Crippen molar-refractivity contribution < 1.29 is 14.3 Å². The van der Waals surface area contributed by atoms with Gasteiger partial charge in [0.05, 0.1) is 6.04 Å². The molecule has 0 spiro atoms. The van der Waals surface area contributed by atoms with Crippen LogP contribution in [0.4, 0.5) is 4.79 Å². The summed E-state index contributed by atoms with van der Waals surface area (Å²) in [5, 5.41) is 2.53. The standard InChI is InChI=1S/C12H20N2O3/c1-9(7-8-10(15)14(5)6)13-11(16)17-12(2,3)4/h9H,1-6H3,(H,13,16)/t9-/m0/s1. The average Bonchev–Trinajstić information content (AvgIpc) is 2.10. The zero-order chi connectivity index (χ0) is 13.6. The van der Waals surface area contributed by atoms with Crippen LogP contribution in [0.3, 0.4) is 0 Å². The first-order chi connectivity index (χ1) is 7.61. The molecule has 0 unspecified atom stereocenters. The SMILES string of the molecule is C[C@@H](C#CC(=O)N(C)C)NC(=O)OC(C)(C)C. The highest BCUT2D eigenvalue weighted by Gasteiger charge is 2.16. The number of carbonyl (C=O) groups excluding carboxylic acids is 2. The lowest BCUT2D eigenvalue weighted by atomic mass is 10.2. The fourth-order valence-electron chi connectivity index (χ4n) is 0.802. The van der Waals surface area contributed by atoms with E-state index in [1.807, 2.05) is 0 Å². The molecular formula is C12H20N2O3. The smallest absolute Gasteiger partial charge is 0.408 e. The Kier molecular flexibility index (Phi) is 5.52. The van der Waals surface area contributed by atoms with Crippen LogP contribution in [-0.2, 0) is 9.53 Å². The van der Waals surface area contributed by atoms with E-state index in [1.165, 1.54) is 4.90 Å². The van der Waals surface area contributed by atoms with E-state index in [4.69, 9.17) is 4.74 Å². The van der Waals surface area contributed by atoms with Crippen LogP contribution in [0.15, 0.2) is 0 Å². The molecule has 0 aliphatic heterocycles. The van der Waals surface area contributed by atoms with Crippen LogP contribution >= 0.6 is 0 Å². The molecule has 0 heterocycles. The van der Waals surface area contributed by atoms with Crippen molar-refractivity contribution in [2.75, 3.05) is 14.1 Å². The van der Waals surface area contributed by atoms with Gasteiger partial charge in [-0.3, -0.25) is 4.79 Å². The molecule has 0 radical (unpaired) electrons. The number of hydrogen-bond acceptors (Lipinski definition) is 3. The Hall–Kier alpha value is -1.70. The van der Waals surface area contributed by atoms with Gasteiger partial charge < -0.3 is 15.0 Å². The monoisotopic (exact) mass is 240 g/mol. The van der Waals surface area contributed by atoms with Gasteiger partial charge in [0.2, 0.25) is 0 Å². The molecule has 0 saturated heterocycles. The highest BCUT2D eigenvalue weighted by atomic mass is 16.6. The van der Waals surface area contributed by atoms with Crippen molar-refractivity contribution in [3.63, 3.8) is 0 Å². The summed E-state index contributed by atoms with van der Waals surface area (Å²) in [4.78, 5) is 23.9. The normalized spacial score (nSPS) is 11.9. The Bertz CT molecular complexity index is 345. The third-order valence-corrected chi connectivity index (χ3v) is 1.54. The first-order valence-corrected chi connectivity index (χ1v) is 5.34. The number of hydrogen-bond donors (Lipinski definition) is 1. The second kappa shape index (κ2) is 6.14. The van der Waals surface area contributed by atoms with E-state index in [-0.39, 0.29) is 5.91 Å². The lowest BCUT2D eigenvalue weighted by Crippen LogP contribution is -2.37. The van der Waals surface area contributed by atoms with Gasteiger partial charge in [-0.2, -0.15) is 0 Å². The maximum absolute atomic E-state index is 11.4. The Morgan fingerprint density at radius 3 is 2.24 bits per heavy atom. The maximum Gasteiger partial charge on any atom is 0.408 e. The summed E-state index contributed by atoms with van der Waals surface area (Å²) < 4.78 is 5.05. The summed E-state index contributed by atoms with van der Waals surface area (Å²) >= 11 is 0. The van der Waals surface area contributed by atoms with Crippen molar-refractivity contribution in [3.05, 3.63) is 0 Å². The molecule has 1 N–H and O–H groups in total. The van der Waals surface area contributed by atoms with Crippen molar-refractivity contribution in [3.8, 4) is 11.8 Å². The van der Waals surface area contributed by atoms with Gasteiger partial charge in [0.1, 0.15) is 5.60 Å². The number of carbonyl (C=O) groups is 2. The van der Waals surface area contributed by atoms with Gasteiger partial charge in [0.15, 0.2) is 0 Å². The van der Waals surface area contributed by atoms with Crippen LogP contribution in [0, 0.1) is 11.8 Å². The van der Waals surface area contributed by atoms with Gasteiger partial charge in [-0.05, 0) is 33.6 Å². The summed E-state index contributed by atoms with van der Waals surface area (Å²) in [5.74, 6) is 4.74. The fourth-order valence-corrected chi connectivity index (χ4v) is 0.802. The van der Waals surface area contributed by atoms with Gasteiger partial charge in [0, 0.05) is 14.1 Å². The zero-order valence-corrected chi connectivity index (χ0v) is 11.2. The Balaban J connectivity index is 4.23. The molecule has 5 nitrogen and oxygen atoms in total. The number of ether oxygens (including phenoxy) is 1. The van der Waals surface area contributed by atoms with Gasteiger partial charge in [-0.1, -0.05) is 5.92 Å². The minimum atomic E-state index is -0.545. The minimum Gasteiger partial charge on any atom is -0.444 e. The summed E-state index contributed by atoms with van der Waals surface area (Å²) in [6.07, 6.45) is -0.545. The Labute approximate surface area is 102 Å². The second-order valence-corrected chi connectivity index (χ2v) is 4.84. The molecule has 0 aromatic heterocycles. The van der Waals surface area contributed by atoms with Crippen LogP contribution in [0.5, 0.6) is 0 Å². The van der Waals surface area contributed by atoms with Crippen LogP contribution in [0.25, 0.3) is 0 Å². The summed E-state index contributed by atoms with van der Waals surface area (Å²) in [6.45, 7) is 7.01. The molecule has 17 heavy (non-hydrogen) atoms. The summed E-state index contributed by atoms with van der Waals surface area (Å²) in [5.41, 5.74) is -0.545. The van der Waals surface area contributed by atoms with E-state index in [0.29, 0.717) is 0 Å². The molecule has 96 valence electrons. The molecule has 0 aromatic carbocycles. The van der Waals surface area contributed by atoms with Crippen LogP contribution in [0.2, 0.25) is 0 Å². The lowest BCUT2D eigenvalue weighted by molar-refractivity contribution is -0.122. The van der Waals surface area contributed by atoms with Crippen LogP contribution < -0.4 is 5.32 Å². The topological polar surface area (TPSA) is 58.6 Å². The van der Waals surface area contributed by atoms with Gasteiger partial charge in [0.25, 0.3) is 5.91 Å². The van der Waals surface area contributed by atoms with Crippen molar-refractivity contribution in [1.29, 1.82) is 0 Å². The van der Waals surface area contributed by atoms with Gasteiger partial charge >= 0.3 is 6.09 Å². The van der Waals surface area contributed by atoms with E-state index in [2.05, 4.69) is 17.2 Å². The quantitative estimate of drug-likeness (QED) is 0.695. The van der Waals surface area contributed by atoms with E-state index in [0.717, 1.165) is 0 Å². The van der Waals surface area contributed by atoms with Crippen molar-refractivity contribution in [2.24, 2.45) is 0 Å².